The quantitative estimate of drug-likeness (QED) is 0.777. The van der Waals surface area contributed by atoms with Crippen LogP contribution in [-0.4, -0.2) is 23.1 Å². The number of rotatable bonds is 1. The monoisotopic (exact) mass is 262 g/mol. The summed E-state index contributed by atoms with van der Waals surface area (Å²) in [5, 5.41) is 4.24. The second kappa shape index (κ2) is 5.70. The lowest BCUT2D eigenvalue weighted by atomic mass is 9.92. The molecule has 1 N–H and O–H groups in total. The van der Waals surface area contributed by atoms with Crippen LogP contribution < -0.4 is 5.32 Å². The highest BCUT2D eigenvalue weighted by Crippen LogP contribution is 2.22. The fourth-order valence-corrected chi connectivity index (χ4v) is 3.00. The van der Waals surface area contributed by atoms with Gasteiger partial charge >= 0.3 is 0 Å². The zero-order chi connectivity index (χ0) is 13.1. The number of hydrogen-bond acceptors (Lipinski definition) is 1. The molecule has 98 valence electrons. The Morgan fingerprint density at radius 1 is 1.22 bits per heavy atom. The van der Waals surface area contributed by atoms with Crippen molar-refractivity contribution in [3.05, 3.63) is 29.8 Å². The van der Waals surface area contributed by atoms with E-state index in [1.807, 2.05) is 6.07 Å². The molecule has 1 heterocycles. The van der Waals surface area contributed by atoms with Crippen molar-refractivity contribution in [2.45, 2.75) is 27.2 Å². The molecule has 0 aromatic heterocycles. The lowest BCUT2D eigenvalue weighted by Crippen LogP contribution is -2.44. The Bertz CT molecular complexity index is 420. The van der Waals surface area contributed by atoms with E-state index in [2.05, 4.69) is 49.2 Å². The van der Waals surface area contributed by atoms with Gasteiger partial charge in [-0.05, 0) is 49.0 Å². The van der Waals surface area contributed by atoms with Crippen molar-refractivity contribution >= 4 is 23.0 Å². The maximum atomic E-state index is 5.54. The first-order chi connectivity index (χ1) is 8.56. The third kappa shape index (κ3) is 3.22. The van der Waals surface area contributed by atoms with Gasteiger partial charge in [0.05, 0.1) is 0 Å². The van der Waals surface area contributed by atoms with Crippen LogP contribution in [0.5, 0.6) is 0 Å². The highest BCUT2D eigenvalue weighted by atomic mass is 32.1. The molecule has 0 radical (unpaired) electrons. The van der Waals surface area contributed by atoms with Crippen LogP contribution in [0.2, 0.25) is 0 Å². The molecule has 2 atom stereocenters. The zero-order valence-corrected chi connectivity index (χ0v) is 12.3. The molecule has 1 saturated heterocycles. The second-order valence-corrected chi connectivity index (χ2v) is 5.98. The van der Waals surface area contributed by atoms with Crippen molar-refractivity contribution in [3.63, 3.8) is 0 Å². The highest BCUT2D eigenvalue weighted by Gasteiger charge is 2.23. The Morgan fingerprint density at radius 2 is 1.83 bits per heavy atom. The van der Waals surface area contributed by atoms with Gasteiger partial charge in [-0.25, -0.2) is 0 Å². The summed E-state index contributed by atoms with van der Waals surface area (Å²) in [7, 11) is 0. The van der Waals surface area contributed by atoms with Gasteiger partial charge in [-0.3, -0.25) is 0 Å². The molecule has 0 spiro atoms. The van der Waals surface area contributed by atoms with Crippen LogP contribution in [0.1, 0.15) is 25.8 Å². The number of benzene rings is 1. The van der Waals surface area contributed by atoms with Gasteiger partial charge in [-0.2, -0.15) is 0 Å². The average molecular weight is 262 g/mol. The first-order valence-corrected chi connectivity index (χ1v) is 7.08. The molecular formula is C15H22N2S. The summed E-state index contributed by atoms with van der Waals surface area (Å²) in [5.41, 5.74) is 2.35. The van der Waals surface area contributed by atoms with E-state index < -0.39 is 0 Å². The number of nitrogens with one attached hydrogen (secondary N) is 1. The van der Waals surface area contributed by atoms with Crippen molar-refractivity contribution in [1.29, 1.82) is 0 Å². The topological polar surface area (TPSA) is 15.3 Å². The van der Waals surface area contributed by atoms with E-state index in [4.69, 9.17) is 12.2 Å². The molecule has 0 saturated carbocycles. The molecule has 2 rings (SSSR count). The summed E-state index contributed by atoms with van der Waals surface area (Å²) in [6, 6.07) is 8.28. The van der Waals surface area contributed by atoms with Gasteiger partial charge < -0.3 is 10.2 Å². The lowest BCUT2D eigenvalue weighted by molar-refractivity contribution is 0.216. The SMILES string of the molecule is Cc1ccccc1NC(=S)N1C[C@@H](C)C[C@H](C)C1. The molecule has 1 aromatic rings. The predicted octanol–water partition coefficient (Wildman–Crippen LogP) is 3.67. The van der Waals surface area contributed by atoms with E-state index >= 15 is 0 Å². The zero-order valence-electron chi connectivity index (χ0n) is 11.4. The smallest absolute Gasteiger partial charge is 0.173 e. The molecule has 1 aliphatic rings. The highest BCUT2D eigenvalue weighted by molar-refractivity contribution is 7.80. The van der Waals surface area contributed by atoms with Crippen molar-refractivity contribution in [1.82, 2.24) is 4.90 Å². The molecule has 0 unspecified atom stereocenters. The van der Waals surface area contributed by atoms with Crippen LogP contribution >= 0.6 is 12.2 Å². The Hall–Kier alpha value is -1.09. The molecule has 18 heavy (non-hydrogen) atoms. The van der Waals surface area contributed by atoms with Crippen LogP contribution in [0, 0.1) is 18.8 Å². The van der Waals surface area contributed by atoms with E-state index in [1.54, 1.807) is 0 Å². The number of piperidine rings is 1. The molecule has 2 nitrogen and oxygen atoms in total. The first kappa shape index (κ1) is 13.3. The van der Waals surface area contributed by atoms with Crippen molar-refractivity contribution in [3.8, 4) is 0 Å². The summed E-state index contributed by atoms with van der Waals surface area (Å²) in [6.07, 6.45) is 1.31. The van der Waals surface area contributed by atoms with Gasteiger partial charge in [0.25, 0.3) is 0 Å². The Kier molecular flexibility index (Phi) is 4.23. The Labute approximate surface area is 115 Å². The molecule has 0 aliphatic carbocycles. The normalized spacial score (nSPS) is 23.8. The third-order valence-electron chi connectivity index (χ3n) is 3.54. The number of anilines is 1. The van der Waals surface area contributed by atoms with Gasteiger partial charge in [0.1, 0.15) is 0 Å². The van der Waals surface area contributed by atoms with Crippen LogP contribution in [0.3, 0.4) is 0 Å². The second-order valence-electron chi connectivity index (χ2n) is 5.60. The number of nitrogens with zero attached hydrogens (tertiary/aromatic N) is 1. The van der Waals surface area contributed by atoms with Crippen LogP contribution in [-0.2, 0) is 0 Å². The van der Waals surface area contributed by atoms with Crippen LogP contribution in [0.15, 0.2) is 24.3 Å². The summed E-state index contributed by atoms with van der Waals surface area (Å²) in [5.74, 6) is 1.45. The van der Waals surface area contributed by atoms with Crippen molar-refractivity contribution in [2.24, 2.45) is 11.8 Å². The maximum Gasteiger partial charge on any atom is 0.173 e. The van der Waals surface area contributed by atoms with Crippen molar-refractivity contribution < 1.29 is 0 Å². The Balaban J connectivity index is 2.02. The third-order valence-corrected chi connectivity index (χ3v) is 3.90. The number of likely N-dealkylation sites (tertiary alicyclic amines) is 1. The van der Waals surface area contributed by atoms with Crippen LogP contribution in [0.25, 0.3) is 0 Å². The number of aryl methyl sites for hydroxylation is 1. The summed E-state index contributed by atoms with van der Waals surface area (Å²) >= 11 is 5.54. The minimum absolute atomic E-state index is 0.727. The maximum absolute atomic E-state index is 5.54. The van der Waals surface area contributed by atoms with Gasteiger partial charge in [0.2, 0.25) is 0 Å². The Morgan fingerprint density at radius 3 is 2.44 bits per heavy atom. The first-order valence-electron chi connectivity index (χ1n) is 6.68. The molecule has 0 amide bonds. The predicted molar refractivity (Wildman–Crippen MR) is 81.9 cm³/mol. The van der Waals surface area contributed by atoms with E-state index in [1.165, 1.54) is 12.0 Å². The number of thiocarbonyl (C=S) groups is 1. The molecule has 0 bridgehead atoms. The number of hydrogen-bond donors (Lipinski definition) is 1. The standard InChI is InChI=1S/C15H22N2S/c1-11-8-12(2)10-17(9-11)15(18)16-14-7-5-4-6-13(14)3/h4-7,11-12H,8-10H2,1-3H3,(H,16,18)/t11-,12-/m0/s1. The minimum Gasteiger partial charge on any atom is -0.348 e. The van der Waals surface area contributed by atoms with Gasteiger partial charge in [-0.15, -0.1) is 0 Å². The minimum atomic E-state index is 0.727. The fraction of sp³-hybridized carbons (Fsp3) is 0.533. The van der Waals surface area contributed by atoms with Gasteiger partial charge in [-0.1, -0.05) is 32.0 Å². The van der Waals surface area contributed by atoms with Crippen molar-refractivity contribution in [2.75, 3.05) is 18.4 Å². The van der Waals surface area contributed by atoms with E-state index in [-0.39, 0.29) is 0 Å². The van der Waals surface area contributed by atoms with Gasteiger partial charge in [0.15, 0.2) is 5.11 Å². The average Bonchev–Trinajstić information content (AvgIpc) is 2.31. The molecule has 1 fully saturated rings. The molecule has 3 heteroatoms. The summed E-state index contributed by atoms with van der Waals surface area (Å²) in [6.45, 7) is 8.86. The molecular weight excluding hydrogens is 240 g/mol. The molecule has 1 aromatic carbocycles. The molecule has 1 aliphatic heterocycles. The van der Waals surface area contributed by atoms with E-state index in [0.29, 0.717) is 0 Å². The lowest BCUT2D eigenvalue weighted by Gasteiger charge is -2.36. The fourth-order valence-electron chi connectivity index (χ4n) is 2.74. The van der Waals surface area contributed by atoms with E-state index in [9.17, 15) is 0 Å². The van der Waals surface area contributed by atoms with Gasteiger partial charge in [0, 0.05) is 18.8 Å². The summed E-state index contributed by atoms with van der Waals surface area (Å²) in [4.78, 5) is 2.31. The van der Waals surface area contributed by atoms with E-state index in [0.717, 1.165) is 35.7 Å². The largest absolute Gasteiger partial charge is 0.348 e. The van der Waals surface area contributed by atoms with Crippen LogP contribution in [0.4, 0.5) is 5.69 Å². The summed E-state index contributed by atoms with van der Waals surface area (Å²) < 4.78 is 0. The number of para-hydroxylation sites is 1.